The van der Waals surface area contributed by atoms with Crippen LogP contribution in [0.4, 0.5) is 0 Å². The Hall–Kier alpha value is -2.15. The summed E-state index contributed by atoms with van der Waals surface area (Å²) >= 11 is 0. The van der Waals surface area contributed by atoms with Gasteiger partial charge in [-0.05, 0) is 49.6 Å². The Labute approximate surface area is 142 Å². The number of benzene rings is 1. The highest BCUT2D eigenvalue weighted by molar-refractivity contribution is 7.90. The average molecular weight is 347 g/mol. The van der Waals surface area contributed by atoms with Crippen LogP contribution in [-0.2, 0) is 16.4 Å². The molecule has 128 valence electrons. The van der Waals surface area contributed by atoms with Crippen molar-refractivity contribution in [2.75, 3.05) is 12.8 Å². The van der Waals surface area contributed by atoms with Gasteiger partial charge in [-0.25, -0.2) is 8.42 Å². The quantitative estimate of drug-likeness (QED) is 0.847. The lowest BCUT2D eigenvalue weighted by Crippen LogP contribution is -2.38. The van der Waals surface area contributed by atoms with Crippen molar-refractivity contribution in [1.29, 1.82) is 0 Å². The minimum Gasteiger partial charge on any atom is -0.334 e. The zero-order valence-electron chi connectivity index (χ0n) is 13.8. The van der Waals surface area contributed by atoms with E-state index in [0.29, 0.717) is 12.1 Å². The van der Waals surface area contributed by atoms with Crippen molar-refractivity contribution in [3.63, 3.8) is 0 Å². The molecule has 1 amide bonds. The van der Waals surface area contributed by atoms with Crippen LogP contribution >= 0.6 is 0 Å². The predicted molar refractivity (Wildman–Crippen MR) is 90.6 cm³/mol. The molecule has 6 nitrogen and oxygen atoms in total. The summed E-state index contributed by atoms with van der Waals surface area (Å²) in [5, 5.41) is 4.30. The number of aryl methyl sites for hydroxylation is 1. The van der Waals surface area contributed by atoms with Gasteiger partial charge in [-0.1, -0.05) is 0 Å². The first-order valence-electron chi connectivity index (χ1n) is 7.95. The van der Waals surface area contributed by atoms with E-state index in [9.17, 15) is 13.2 Å². The van der Waals surface area contributed by atoms with Crippen LogP contribution < -0.4 is 0 Å². The molecule has 7 heteroatoms. The Bertz CT molecular complexity index is 840. The Morgan fingerprint density at radius 2 is 2.00 bits per heavy atom. The van der Waals surface area contributed by atoms with Gasteiger partial charge in [-0.3, -0.25) is 9.48 Å². The molecule has 1 aromatic heterocycles. The van der Waals surface area contributed by atoms with Crippen molar-refractivity contribution in [1.82, 2.24) is 14.7 Å². The largest absolute Gasteiger partial charge is 0.334 e. The van der Waals surface area contributed by atoms with Crippen molar-refractivity contribution in [3.8, 4) is 0 Å². The molecule has 0 bridgehead atoms. The van der Waals surface area contributed by atoms with E-state index in [-0.39, 0.29) is 16.8 Å². The molecule has 0 unspecified atom stereocenters. The average Bonchev–Trinajstić information content (AvgIpc) is 3.15. The number of aromatic nitrogens is 2. The van der Waals surface area contributed by atoms with Crippen LogP contribution in [0.1, 0.15) is 28.8 Å². The highest BCUT2D eigenvalue weighted by Crippen LogP contribution is 2.22. The molecule has 3 rings (SSSR count). The molecular weight excluding hydrogens is 326 g/mol. The number of carbonyl (C=O) groups excluding carboxylic acids is 1. The fourth-order valence-corrected chi connectivity index (χ4v) is 3.72. The van der Waals surface area contributed by atoms with Crippen LogP contribution in [0.2, 0.25) is 0 Å². The Morgan fingerprint density at radius 1 is 1.29 bits per heavy atom. The molecule has 1 saturated heterocycles. The van der Waals surface area contributed by atoms with Gasteiger partial charge in [-0.15, -0.1) is 0 Å². The van der Waals surface area contributed by atoms with Gasteiger partial charge in [0.1, 0.15) is 0 Å². The fraction of sp³-hybridized carbons (Fsp3) is 0.412. The third kappa shape index (κ3) is 3.51. The molecule has 2 aromatic rings. The number of hydrogen-bond donors (Lipinski definition) is 0. The van der Waals surface area contributed by atoms with Crippen molar-refractivity contribution < 1.29 is 13.2 Å². The number of amides is 1. The summed E-state index contributed by atoms with van der Waals surface area (Å²) in [4.78, 5) is 14.9. The van der Waals surface area contributed by atoms with Gasteiger partial charge >= 0.3 is 0 Å². The molecule has 0 spiro atoms. The molecule has 1 aromatic carbocycles. The first-order valence-corrected chi connectivity index (χ1v) is 9.84. The number of nitrogens with zero attached hydrogens (tertiary/aromatic N) is 3. The predicted octanol–water partition coefficient (Wildman–Crippen LogP) is 1.90. The van der Waals surface area contributed by atoms with Gasteiger partial charge in [0.2, 0.25) is 0 Å². The minimum absolute atomic E-state index is 0.0542. The van der Waals surface area contributed by atoms with Crippen LogP contribution in [0, 0.1) is 6.92 Å². The lowest BCUT2D eigenvalue weighted by Gasteiger charge is -2.25. The molecule has 1 fully saturated rings. The smallest absolute Gasteiger partial charge is 0.254 e. The Balaban J connectivity index is 1.75. The summed E-state index contributed by atoms with van der Waals surface area (Å²) in [5.41, 5.74) is 1.62. The van der Waals surface area contributed by atoms with E-state index < -0.39 is 9.84 Å². The maximum absolute atomic E-state index is 12.8. The summed E-state index contributed by atoms with van der Waals surface area (Å²) < 4.78 is 24.9. The van der Waals surface area contributed by atoms with Crippen molar-refractivity contribution in [2.45, 2.75) is 37.2 Å². The van der Waals surface area contributed by atoms with E-state index in [4.69, 9.17) is 0 Å². The van der Waals surface area contributed by atoms with E-state index in [1.54, 1.807) is 12.1 Å². The van der Waals surface area contributed by atoms with Gasteiger partial charge in [-0.2, -0.15) is 5.10 Å². The summed E-state index contributed by atoms with van der Waals surface area (Å²) in [6, 6.07) is 6.28. The molecule has 1 aliphatic heterocycles. The topological polar surface area (TPSA) is 72.3 Å². The monoisotopic (exact) mass is 347 g/mol. The second-order valence-corrected chi connectivity index (χ2v) is 8.35. The maximum atomic E-state index is 12.8. The Kier molecular flexibility index (Phi) is 4.45. The van der Waals surface area contributed by atoms with Gasteiger partial charge < -0.3 is 4.90 Å². The number of hydrogen-bond acceptors (Lipinski definition) is 4. The van der Waals surface area contributed by atoms with E-state index in [1.807, 2.05) is 28.9 Å². The van der Waals surface area contributed by atoms with E-state index in [0.717, 1.165) is 31.2 Å². The molecule has 2 heterocycles. The zero-order chi connectivity index (χ0) is 17.3. The van der Waals surface area contributed by atoms with Crippen molar-refractivity contribution in [2.24, 2.45) is 0 Å². The third-order valence-electron chi connectivity index (χ3n) is 4.33. The molecule has 0 aliphatic carbocycles. The van der Waals surface area contributed by atoms with Gasteiger partial charge in [0.05, 0.1) is 23.7 Å². The van der Waals surface area contributed by atoms with E-state index >= 15 is 0 Å². The summed E-state index contributed by atoms with van der Waals surface area (Å²) in [6.45, 7) is 3.39. The van der Waals surface area contributed by atoms with Crippen LogP contribution in [0.5, 0.6) is 0 Å². The standard InChI is InChI=1S/C17H21N3O3S/c1-13-10-18-19(11-13)12-15-4-3-9-20(15)17(21)14-5-7-16(8-6-14)24(2,22)23/h5-8,10-11,15H,3-4,9,12H2,1-2H3/t15-/m0/s1. The van der Waals surface area contributed by atoms with E-state index in [2.05, 4.69) is 5.10 Å². The lowest BCUT2D eigenvalue weighted by atomic mass is 10.1. The summed E-state index contributed by atoms with van der Waals surface area (Å²) in [6.07, 6.45) is 6.86. The first-order chi connectivity index (χ1) is 11.3. The summed E-state index contributed by atoms with van der Waals surface area (Å²) in [5.74, 6) is -0.0542. The summed E-state index contributed by atoms with van der Waals surface area (Å²) in [7, 11) is -3.25. The number of rotatable bonds is 4. The molecular formula is C17H21N3O3S. The number of likely N-dealkylation sites (tertiary alicyclic amines) is 1. The second-order valence-electron chi connectivity index (χ2n) is 6.33. The molecule has 24 heavy (non-hydrogen) atoms. The van der Waals surface area contributed by atoms with Crippen LogP contribution in [0.15, 0.2) is 41.6 Å². The zero-order valence-corrected chi connectivity index (χ0v) is 14.7. The van der Waals surface area contributed by atoms with Gasteiger partial charge in [0.15, 0.2) is 9.84 Å². The highest BCUT2D eigenvalue weighted by Gasteiger charge is 2.29. The number of sulfone groups is 1. The molecule has 0 N–H and O–H groups in total. The van der Waals surface area contributed by atoms with Crippen LogP contribution in [0.25, 0.3) is 0 Å². The molecule has 1 aliphatic rings. The molecule has 1 atom stereocenters. The SMILES string of the molecule is Cc1cnn(C[C@@H]2CCCN2C(=O)c2ccc(S(C)(=O)=O)cc2)c1. The van der Waals surface area contributed by atoms with Crippen LogP contribution in [-0.4, -0.2) is 47.8 Å². The fourth-order valence-electron chi connectivity index (χ4n) is 3.09. The van der Waals surface area contributed by atoms with Gasteiger partial charge in [0.25, 0.3) is 5.91 Å². The minimum atomic E-state index is -3.25. The third-order valence-corrected chi connectivity index (χ3v) is 5.46. The highest BCUT2D eigenvalue weighted by atomic mass is 32.2. The van der Waals surface area contributed by atoms with E-state index in [1.165, 1.54) is 12.1 Å². The lowest BCUT2D eigenvalue weighted by molar-refractivity contribution is 0.0721. The molecule has 0 saturated carbocycles. The van der Waals surface area contributed by atoms with Crippen LogP contribution in [0.3, 0.4) is 0 Å². The van der Waals surface area contributed by atoms with Gasteiger partial charge in [0, 0.05) is 24.6 Å². The van der Waals surface area contributed by atoms with Crippen molar-refractivity contribution >= 4 is 15.7 Å². The second kappa shape index (κ2) is 6.39. The normalized spacial score (nSPS) is 18.1. The van der Waals surface area contributed by atoms with Crippen molar-refractivity contribution in [3.05, 3.63) is 47.8 Å². The first kappa shape index (κ1) is 16.7. The maximum Gasteiger partial charge on any atom is 0.254 e. The molecule has 0 radical (unpaired) electrons. The Morgan fingerprint density at radius 3 is 2.58 bits per heavy atom. The number of carbonyl (C=O) groups is 1.